The number of nitrogens with one attached hydrogen (secondary N) is 1. The van der Waals surface area contributed by atoms with Crippen LogP contribution in [0.25, 0.3) is 11.1 Å². The van der Waals surface area contributed by atoms with E-state index in [4.69, 9.17) is 4.74 Å². The number of benzene rings is 2. The first kappa shape index (κ1) is 23.8. The van der Waals surface area contributed by atoms with Crippen LogP contribution in [0.1, 0.15) is 50.2 Å². The van der Waals surface area contributed by atoms with E-state index in [-0.39, 0.29) is 31.5 Å². The zero-order valence-corrected chi connectivity index (χ0v) is 19.8. The van der Waals surface area contributed by atoms with Crippen molar-refractivity contribution in [3.05, 3.63) is 59.7 Å². The Balaban J connectivity index is 1.32. The van der Waals surface area contributed by atoms with E-state index in [0.717, 1.165) is 11.1 Å². The van der Waals surface area contributed by atoms with Gasteiger partial charge in [-0.25, -0.2) is 4.79 Å². The average Bonchev–Trinajstić information content (AvgIpc) is 3.44. The van der Waals surface area contributed by atoms with Crippen LogP contribution in [-0.4, -0.2) is 54.2 Å². The van der Waals surface area contributed by atoms with Crippen LogP contribution in [0.15, 0.2) is 48.5 Å². The van der Waals surface area contributed by atoms with Crippen molar-refractivity contribution < 1.29 is 24.2 Å². The Kier molecular flexibility index (Phi) is 6.91. The molecule has 2 aliphatic rings. The minimum Gasteiger partial charge on any atom is -0.481 e. The number of carbonyl (C=O) groups is 3. The zero-order chi connectivity index (χ0) is 24.3. The molecule has 1 aliphatic heterocycles. The van der Waals surface area contributed by atoms with Crippen molar-refractivity contribution in [1.82, 2.24) is 10.2 Å². The summed E-state index contributed by atoms with van der Waals surface area (Å²) < 4.78 is 5.57. The second-order valence-electron chi connectivity index (χ2n) is 9.26. The Morgan fingerprint density at radius 3 is 2.24 bits per heavy atom. The highest BCUT2D eigenvalue weighted by Gasteiger charge is 2.45. The summed E-state index contributed by atoms with van der Waals surface area (Å²) in [6, 6.07) is 16.3. The van der Waals surface area contributed by atoms with Gasteiger partial charge in [-0.05, 0) is 41.5 Å². The van der Waals surface area contributed by atoms with E-state index in [1.165, 1.54) is 11.1 Å². The lowest BCUT2D eigenvalue weighted by Gasteiger charge is -2.26. The number of amides is 2. The summed E-state index contributed by atoms with van der Waals surface area (Å²) >= 11 is 0. The molecule has 7 heteroatoms. The highest BCUT2D eigenvalue weighted by molar-refractivity contribution is 5.83. The van der Waals surface area contributed by atoms with Gasteiger partial charge in [-0.1, -0.05) is 62.4 Å². The fourth-order valence-electron chi connectivity index (χ4n) is 5.20. The second-order valence-corrected chi connectivity index (χ2v) is 9.26. The van der Waals surface area contributed by atoms with E-state index < -0.39 is 23.4 Å². The average molecular weight is 465 g/mol. The van der Waals surface area contributed by atoms with Crippen molar-refractivity contribution in [1.29, 1.82) is 0 Å². The Labute approximate surface area is 200 Å². The monoisotopic (exact) mass is 464 g/mol. The van der Waals surface area contributed by atoms with Crippen LogP contribution in [0.3, 0.4) is 0 Å². The maximum Gasteiger partial charge on any atom is 0.407 e. The van der Waals surface area contributed by atoms with Gasteiger partial charge in [-0.15, -0.1) is 0 Å². The summed E-state index contributed by atoms with van der Waals surface area (Å²) in [5.74, 6) is -1.40. The molecule has 180 valence electrons. The third-order valence-corrected chi connectivity index (χ3v) is 7.47. The number of likely N-dealkylation sites (tertiary alicyclic amines) is 1. The number of aliphatic carboxylic acids is 1. The Bertz CT molecular complexity index is 1040. The normalized spacial score (nSPS) is 19.9. The topological polar surface area (TPSA) is 95.9 Å². The number of alkyl carbamates (subject to hydrolysis) is 1. The summed E-state index contributed by atoms with van der Waals surface area (Å²) in [5, 5.41) is 12.3. The zero-order valence-electron chi connectivity index (χ0n) is 19.8. The molecule has 2 amide bonds. The summed E-state index contributed by atoms with van der Waals surface area (Å²) in [6.07, 6.45) is 0.940. The van der Waals surface area contributed by atoms with E-state index in [0.29, 0.717) is 25.8 Å². The van der Waals surface area contributed by atoms with Crippen molar-refractivity contribution in [3.8, 4) is 11.1 Å². The molecule has 2 N–H and O–H groups in total. The molecule has 4 rings (SSSR count). The van der Waals surface area contributed by atoms with Crippen LogP contribution in [0.4, 0.5) is 4.79 Å². The second kappa shape index (κ2) is 9.87. The molecule has 1 heterocycles. The number of fused-ring (bicyclic) bond motifs is 3. The minimum atomic E-state index is -0.867. The smallest absolute Gasteiger partial charge is 0.407 e. The molecule has 0 saturated carbocycles. The van der Waals surface area contributed by atoms with Gasteiger partial charge >= 0.3 is 12.1 Å². The summed E-state index contributed by atoms with van der Waals surface area (Å²) in [5.41, 5.74) is 3.75. The fraction of sp³-hybridized carbons (Fsp3) is 0.444. The largest absolute Gasteiger partial charge is 0.481 e. The molecular formula is C27H32N2O5. The maximum atomic E-state index is 13.0. The molecular weight excluding hydrogens is 432 g/mol. The number of nitrogens with zero attached hydrogens (tertiary/aromatic N) is 1. The molecule has 1 aliphatic carbocycles. The molecule has 34 heavy (non-hydrogen) atoms. The summed E-state index contributed by atoms with van der Waals surface area (Å²) in [6.45, 7) is 4.77. The number of carboxylic acids is 1. The number of carboxylic acid groups (broad SMARTS) is 1. The van der Waals surface area contributed by atoms with Crippen LogP contribution in [0.2, 0.25) is 0 Å². The molecule has 0 radical (unpaired) electrons. The van der Waals surface area contributed by atoms with Crippen molar-refractivity contribution >= 4 is 18.0 Å². The highest BCUT2D eigenvalue weighted by atomic mass is 16.5. The molecule has 2 unspecified atom stereocenters. The van der Waals surface area contributed by atoms with Crippen molar-refractivity contribution in [3.63, 3.8) is 0 Å². The number of ether oxygens (including phenoxy) is 1. The van der Waals surface area contributed by atoms with Gasteiger partial charge in [-0.3, -0.25) is 9.59 Å². The Hall–Kier alpha value is -3.35. The summed E-state index contributed by atoms with van der Waals surface area (Å²) in [4.78, 5) is 38.8. The third-order valence-electron chi connectivity index (χ3n) is 7.47. The van der Waals surface area contributed by atoms with Gasteiger partial charge in [0.1, 0.15) is 6.61 Å². The third kappa shape index (κ3) is 4.39. The van der Waals surface area contributed by atoms with E-state index in [1.807, 2.05) is 38.1 Å². The van der Waals surface area contributed by atoms with Gasteiger partial charge < -0.3 is 20.1 Å². The van der Waals surface area contributed by atoms with Crippen molar-refractivity contribution in [2.45, 2.75) is 39.0 Å². The first-order valence-electron chi connectivity index (χ1n) is 12.0. The Morgan fingerprint density at radius 2 is 1.71 bits per heavy atom. The van der Waals surface area contributed by atoms with Crippen molar-refractivity contribution in [2.24, 2.45) is 11.3 Å². The molecule has 0 bridgehead atoms. The standard InChI is InChI=1S/C27H32N2O5/c1-3-18(24(30)29-14-13-27(4-2,17-29)25(31)32)15-28-26(33)34-16-23-21-11-7-5-9-19(21)20-10-6-8-12-22(20)23/h5-12,18,23H,3-4,13-17H2,1-2H3,(H,28,33)(H,31,32). The lowest BCUT2D eigenvalue weighted by Crippen LogP contribution is -2.42. The Morgan fingerprint density at radius 1 is 1.09 bits per heavy atom. The molecule has 2 aromatic rings. The van der Waals surface area contributed by atoms with Crippen LogP contribution in [0, 0.1) is 11.3 Å². The molecule has 1 saturated heterocycles. The van der Waals surface area contributed by atoms with Crippen LogP contribution in [-0.2, 0) is 14.3 Å². The molecule has 2 atom stereocenters. The van der Waals surface area contributed by atoms with Gasteiger partial charge in [0.2, 0.25) is 5.91 Å². The van der Waals surface area contributed by atoms with Gasteiger partial charge in [0.15, 0.2) is 0 Å². The highest BCUT2D eigenvalue weighted by Crippen LogP contribution is 2.44. The van der Waals surface area contributed by atoms with Crippen LogP contribution >= 0.6 is 0 Å². The fourth-order valence-corrected chi connectivity index (χ4v) is 5.20. The number of carbonyl (C=O) groups excluding carboxylic acids is 2. The lowest BCUT2D eigenvalue weighted by molar-refractivity contribution is -0.149. The van der Waals surface area contributed by atoms with E-state index in [2.05, 4.69) is 29.6 Å². The predicted octanol–water partition coefficient (Wildman–Crippen LogP) is 4.26. The maximum absolute atomic E-state index is 13.0. The quantitative estimate of drug-likeness (QED) is 0.608. The molecule has 1 fully saturated rings. The SMILES string of the molecule is CCC(CNC(=O)OCC1c2ccccc2-c2ccccc21)C(=O)N1CCC(CC)(C(=O)O)C1. The van der Waals surface area contributed by atoms with Crippen molar-refractivity contribution in [2.75, 3.05) is 26.2 Å². The van der Waals surface area contributed by atoms with Gasteiger partial charge in [0, 0.05) is 25.6 Å². The number of hydrogen-bond acceptors (Lipinski definition) is 4. The van der Waals surface area contributed by atoms with Crippen LogP contribution < -0.4 is 5.32 Å². The van der Waals surface area contributed by atoms with Crippen LogP contribution in [0.5, 0.6) is 0 Å². The lowest BCUT2D eigenvalue weighted by atomic mass is 9.84. The minimum absolute atomic E-state index is 0.0236. The van der Waals surface area contributed by atoms with E-state index >= 15 is 0 Å². The van der Waals surface area contributed by atoms with Gasteiger partial charge in [-0.2, -0.15) is 0 Å². The first-order chi connectivity index (χ1) is 16.4. The summed E-state index contributed by atoms with van der Waals surface area (Å²) in [7, 11) is 0. The van der Waals surface area contributed by atoms with E-state index in [1.54, 1.807) is 4.90 Å². The van der Waals surface area contributed by atoms with Gasteiger partial charge in [0.05, 0.1) is 11.3 Å². The number of hydrogen-bond donors (Lipinski definition) is 2. The van der Waals surface area contributed by atoms with Gasteiger partial charge in [0.25, 0.3) is 0 Å². The molecule has 7 nitrogen and oxygen atoms in total. The van der Waals surface area contributed by atoms with E-state index in [9.17, 15) is 19.5 Å². The molecule has 0 aromatic heterocycles. The predicted molar refractivity (Wildman–Crippen MR) is 128 cm³/mol. The first-order valence-corrected chi connectivity index (χ1v) is 12.0. The number of rotatable bonds is 8. The molecule has 0 spiro atoms. The molecule has 2 aromatic carbocycles.